The van der Waals surface area contributed by atoms with Crippen molar-refractivity contribution in [2.45, 2.75) is 26.5 Å². The summed E-state index contributed by atoms with van der Waals surface area (Å²) >= 11 is 0. The third-order valence-electron chi connectivity index (χ3n) is 4.78. The van der Waals surface area contributed by atoms with E-state index in [0.29, 0.717) is 6.54 Å². The predicted molar refractivity (Wildman–Crippen MR) is 109 cm³/mol. The highest BCUT2D eigenvalue weighted by Gasteiger charge is 2.11. The summed E-state index contributed by atoms with van der Waals surface area (Å²) in [6, 6.07) is 25.2. The monoisotopic (exact) mass is 345 g/mol. The van der Waals surface area contributed by atoms with Gasteiger partial charge in [-0.05, 0) is 48.7 Å². The molecule has 0 aliphatic heterocycles. The highest BCUT2D eigenvalue weighted by atomic mass is 16.3. The van der Waals surface area contributed by atoms with E-state index < -0.39 is 6.10 Å². The number of hydrogen-bond donors (Lipinski definition) is 1. The van der Waals surface area contributed by atoms with Crippen LogP contribution < -0.4 is 0 Å². The van der Waals surface area contributed by atoms with Crippen LogP contribution in [0.4, 0.5) is 0 Å². The van der Waals surface area contributed by atoms with Crippen LogP contribution in [0, 0.1) is 13.8 Å². The van der Waals surface area contributed by atoms with Gasteiger partial charge >= 0.3 is 0 Å². The summed E-state index contributed by atoms with van der Waals surface area (Å²) in [5.41, 5.74) is 7.34. The average Bonchev–Trinajstić information content (AvgIpc) is 2.65. The maximum atomic E-state index is 10.4. The number of nitrogens with zero attached hydrogens (tertiary/aromatic N) is 1. The zero-order valence-corrected chi connectivity index (χ0v) is 15.8. The molecule has 3 rings (SSSR count). The zero-order chi connectivity index (χ0) is 18.5. The SMILES string of the molecule is Cc1ccc(C)c(-c2ccc(CN(C)CC(O)c3ccccc3)cc2)c1. The molecule has 0 bridgehead atoms. The van der Waals surface area contributed by atoms with E-state index in [-0.39, 0.29) is 0 Å². The van der Waals surface area contributed by atoms with Crippen LogP contribution in [0.1, 0.15) is 28.4 Å². The molecule has 26 heavy (non-hydrogen) atoms. The van der Waals surface area contributed by atoms with Crippen LogP contribution in [0.3, 0.4) is 0 Å². The Morgan fingerprint density at radius 2 is 1.58 bits per heavy atom. The molecule has 0 saturated carbocycles. The summed E-state index contributed by atoms with van der Waals surface area (Å²) in [7, 11) is 2.05. The van der Waals surface area contributed by atoms with Crippen molar-refractivity contribution in [3.8, 4) is 11.1 Å². The molecule has 0 aliphatic carbocycles. The lowest BCUT2D eigenvalue weighted by molar-refractivity contribution is 0.124. The van der Waals surface area contributed by atoms with Crippen LogP contribution in [0.2, 0.25) is 0 Å². The molecule has 0 amide bonds. The minimum atomic E-state index is -0.463. The number of rotatable bonds is 6. The average molecular weight is 345 g/mol. The van der Waals surface area contributed by atoms with Crippen LogP contribution in [0.15, 0.2) is 72.8 Å². The fraction of sp³-hybridized carbons (Fsp3) is 0.250. The van der Waals surface area contributed by atoms with Gasteiger partial charge in [0.05, 0.1) is 6.10 Å². The molecule has 1 unspecified atom stereocenters. The molecule has 2 heteroatoms. The normalized spacial score (nSPS) is 12.3. The largest absolute Gasteiger partial charge is 0.387 e. The first-order valence-corrected chi connectivity index (χ1v) is 9.11. The van der Waals surface area contributed by atoms with Crippen molar-refractivity contribution in [1.29, 1.82) is 0 Å². The second-order valence-electron chi connectivity index (χ2n) is 7.14. The first-order valence-electron chi connectivity index (χ1n) is 9.11. The van der Waals surface area contributed by atoms with Crippen molar-refractivity contribution < 1.29 is 5.11 Å². The Morgan fingerprint density at radius 3 is 2.27 bits per heavy atom. The summed E-state index contributed by atoms with van der Waals surface area (Å²) in [4.78, 5) is 2.16. The Kier molecular flexibility index (Phi) is 5.87. The minimum Gasteiger partial charge on any atom is -0.387 e. The zero-order valence-electron chi connectivity index (χ0n) is 15.8. The van der Waals surface area contributed by atoms with Crippen LogP contribution in [0.5, 0.6) is 0 Å². The molecule has 0 saturated heterocycles. The Balaban J connectivity index is 1.64. The predicted octanol–water partition coefficient (Wildman–Crippen LogP) is 5.14. The van der Waals surface area contributed by atoms with Gasteiger partial charge in [0.2, 0.25) is 0 Å². The number of hydrogen-bond acceptors (Lipinski definition) is 2. The molecule has 1 N–H and O–H groups in total. The summed E-state index contributed by atoms with van der Waals surface area (Å²) < 4.78 is 0. The molecule has 3 aromatic rings. The molecule has 2 nitrogen and oxygen atoms in total. The van der Waals surface area contributed by atoms with Gasteiger partial charge in [0, 0.05) is 13.1 Å². The standard InChI is InChI=1S/C24H27NO/c1-18-9-10-19(2)23(15-18)21-13-11-20(12-14-21)16-25(3)17-24(26)22-7-5-4-6-8-22/h4-15,24,26H,16-17H2,1-3H3. The quantitative estimate of drug-likeness (QED) is 0.669. The van der Waals surface area contributed by atoms with Crippen molar-refractivity contribution in [3.05, 3.63) is 95.1 Å². The van der Waals surface area contributed by atoms with Crippen LogP contribution in [-0.4, -0.2) is 23.6 Å². The molecular weight excluding hydrogens is 318 g/mol. The van der Waals surface area contributed by atoms with Gasteiger partial charge in [0.1, 0.15) is 0 Å². The first kappa shape index (κ1) is 18.4. The first-order chi connectivity index (χ1) is 12.5. The second kappa shape index (κ2) is 8.31. The van der Waals surface area contributed by atoms with E-state index >= 15 is 0 Å². The minimum absolute atomic E-state index is 0.463. The number of aliphatic hydroxyl groups excluding tert-OH is 1. The summed E-state index contributed by atoms with van der Waals surface area (Å²) in [5.74, 6) is 0. The van der Waals surface area contributed by atoms with E-state index in [0.717, 1.165) is 12.1 Å². The van der Waals surface area contributed by atoms with Crippen LogP contribution in [-0.2, 0) is 6.54 Å². The summed E-state index contributed by atoms with van der Waals surface area (Å²) in [6.45, 7) is 5.71. The molecule has 0 aromatic heterocycles. The Morgan fingerprint density at radius 1 is 0.885 bits per heavy atom. The van der Waals surface area contributed by atoms with Gasteiger partial charge in [-0.3, -0.25) is 4.90 Å². The lowest BCUT2D eigenvalue weighted by Crippen LogP contribution is -2.24. The Hall–Kier alpha value is -2.42. The summed E-state index contributed by atoms with van der Waals surface area (Å²) in [6.07, 6.45) is -0.463. The van der Waals surface area contributed by atoms with Crippen molar-refractivity contribution in [2.24, 2.45) is 0 Å². The van der Waals surface area contributed by atoms with E-state index in [2.05, 4.69) is 61.2 Å². The maximum absolute atomic E-state index is 10.4. The van der Waals surface area contributed by atoms with Gasteiger partial charge in [-0.1, -0.05) is 78.4 Å². The third kappa shape index (κ3) is 4.60. The van der Waals surface area contributed by atoms with Crippen molar-refractivity contribution in [2.75, 3.05) is 13.6 Å². The molecule has 0 spiro atoms. The van der Waals surface area contributed by atoms with Crippen LogP contribution in [0.25, 0.3) is 11.1 Å². The van der Waals surface area contributed by atoms with E-state index in [1.54, 1.807) is 0 Å². The molecule has 134 valence electrons. The second-order valence-corrected chi connectivity index (χ2v) is 7.14. The number of benzene rings is 3. The van der Waals surface area contributed by atoms with E-state index in [9.17, 15) is 5.11 Å². The van der Waals surface area contributed by atoms with Gasteiger partial charge < -0.3 is 5.11 Å². The molecule has 3 aromatic carbocycles. The lowest BCUT2D eigenvalue weighted by atomic mass is 9.97. The Labute approximate surface area is 156 Å². The van der Waals surface area contributed by atoms with Gasteiger partial charge in [-0.2, -0.15) is 0 Å². The van der Waals surface area contributed by atoms with Crippen molar-refractivity contribution in [1.82, 2.24) is 4.90 Å². The fourth-order valence-corrected chi connectivity index (χ4v) is 3.29. The van der Waals surface area contributed by atoms with Gasteiger partial charge in [-0.15, -0.1) is 0 Å². The molecule has 0 heterocycles. The fourth-order valence-electron chi connectivity index (χ4n) is 3.29. The van der Waals surface area contributed by atoms with Crippen molar-refractivity contribution in [3.63, 3.8) is 0 Å². The molecule has 0 aliphatic rings. The highest BCUT2D eigenvalue weighted by Crippen LogP contribution is 2.25. The maximum Gasteiger partial charge on any atom is 0.0916 e. The van der Waals surface area contributed by atoms with Gasteiger partial charge in [0.25, 0.3) is 0 Å². The number of likely N-dealkylation sites (N-methyl/N-ethyl adjacent to an activating group) is 1. The molecule has 1 atom stereocenters. The van der Waals surface area contributed by atoms with Crippen LogP contribution >= 0.6 is 0 Å². The van der Waals surface area contributed by atoms with E-state index in [4.69, 9.17) is 0 Å². The third-order valence-corrected chi connectivity index (χ3v) is 4.78. The topological polar surface area (TPSA) is 23.5 Å². The molecule has 0 radical (unpaired) electrons. The smallest absolute Gasteiger partial charge is 0.0916 e. The van der Waals surface area contributed by atoms with E-state index in [1.807, 2.05) is 37.4 Å². The summed E-state index contributed by atoms with van der Waals surface area (Å²) in [5, 5.41) is 10.4. The van der Waals surface area contributed by atoms with Crippen molar-refractivity contribution >= 4 is 0 Å². The molecule has 0 fully saturated rings. The van der Waals surface area contributed by atoms with E-state index in [1.165, 1.54) is 27.8 Å². The lowest BCUT2D eigenvalue weighted by Gasteiger charge is -2.21. The van der Waals surface area contributed by atoms with Gasteiger partial charge in [0.15, 0.2) is 0 Å². The number of aliphatic hydroxyl groups is 1. The number of aryl methyl sites for hydroxylation is 2. The Bertz CT molecular complexity index is 840. The highest BCUT2D eigenvalue weighted by molar-refractivity contribution is 5.68. The molecular formula is C24H27NO. The van der Waals surface area contributed by atoms with Gasteiger partial charge in [-0.25, -0.2) is 0 Å².